The highest BCUT2D eigenvalue weighted by Crippen LogP contribution is 2.28. The molecule has 0 unspecified atom stereocenters. The zero-order valence-electron chi connectivity index (χ0n) is 14.2. The molecule has 0 saturated carbocycles. The van der Waals surface area contributed by atoms with E-state index in [0.29, 0.717) is 13.3 Å². The van der Waals surface area contributed by atoms with E-state index in [1.54, 1.807) is 13.4 Å². The highest BCUT2D eigenvalue weighted by Gasteiger charge is 2.09. The molecule has 2 aromatic rings. The zero-order chi connectivity index (χ0) is 16.8. The van der Waals surface area contributed by atoms with Crippen molar-refractivity contribution in [3.8, 4) is 11.5 Å². The minimum absolute atomic E-state index is 0.619. The third-order valence-electron chi connectivity index (χ3n) is 3.49. The van der Waals surface area contributed by atoms with Crippen LogP contribution in [0.4, 0.5) is 0 Å². The van der Waals surface area contributed by atoms with Crippen LogP contribution in [0, 0.1) is 4.77 Å². The Kier molecular flexibility index (Phi) is 6.18. The number of rotatable bonds is 8. The fraction of sp³-hybridized carbons (Fsp3) is 0.500. The molecule has 0 aliphatic heterocycles. The fourth-order valence-electron chi connectivity index (χ4n) is 2.36. The Labute approximate surface area is 142 Å². The topological polar surface area (TPSA) is 44.5 Å². The Morgan fingerprint density at radius 2 is 2.04 bits per heavy atom. The van der Waals surface area contributed by atoms with Gasteiger partial charge in [0.25, 0.3) is 0 Å². The lowest BCUT2D eigenvalue weighted by Crippen LogP contribution is -2.22. The molecule has 0 aliphatic carbocycles. The number of aryl methyl sites for hydroxylation is 1. The van der Waals surface area contributed by atoms with E-state index in [0.717, 1.165) is 34.9 Å². The number of methoxy groups -OCH3 is 1. The minimum Gasteiger partial charge on any atom is -0.493 e. The van der Waals surface area contributed by atoms with Crippen molar-refractivity contribution in [3.63, 3.8) is 0 Å². The molecule has 0 atom stereocenters. The van der Waals surface area contributed by atoms with Crippen LogP contribution in [-0.2, 0) is 19.8 Å². The molecular formula is C16H24N4O2S. The normalized spacial score (nSPS) is 11.0. The van der Waals surface area contributed by atoms with Crippen LogP contribution < -0.4 is 9.47 Å². The van der Waals surface area contributed by atoms with E-state index in [2.05, 4.69) is 16.9 Å². The zero-order valence-corrected chi connectivity index (χ0v) is 15.0. The molecule has 0 aliphatic rings. The third-order valence-corrected chi connectivity index (χ3v) is 3.94. The van der Waals surface area contributed by atoms with Gasteiger partial charge in [0.1, 0.15) is 6.33 Å². The molecule has 2 rings (SSSR count). The minimum atomic E-state index is 0.619. The van der Waals surface area contributed by atoms with Crippen molar-refractivity contribution in [2.24, 2.45) is 0 Å². The standard InChI is InChI=1S/C16H24N4O2S/c1-5-19-11-17-20(16(19)23)12-18(3)10-13-7-8-14(22-6-2)15(9-13)21-4/h7-9,11H,5-6,10,12H2,1-4H3. The van der Waals surface area contributed by atoms with E-state index in [1.807, 2.05) is 41.4 Å². The van der Waals surface area contributed by atoms with Gasteiger partial charge in [0.15, 0.2) is 16.3 Å². The molecule has 0 bridgehead atoms. The lowest BCUT2D eigenvalue weighted by atomic mass is 10.2. The van der Waals surface area contributed by atoms with Crippen molar-refractivity contribution in [2.75, 3.05) is 20.8 Å². The van der Waals surface area contributed by atoms with Gasteiger partial charge in [-0.1, -0.05) is 6.07 Å². The molecule has 1 heterocycles. The first kappa shape index (κ1) is 17.5. The maximum absolute atomic E-state index is 5.55. The second kappa shape index (κ2) is 8.12. The van der Waals surface area contributed by atoms with Crippen molar-refractivity contribution in [1.29, 1.82) is 0 Å². The average Bonchev–Trinajstić information content (AvgIpc) is 2.89. The van der Waals surface area contributed by atoms with Crippen molar-refractivity contribution >= 4 is 12.2 Å². The van der Waals surface area contributed by atoms with Crippen LogP contribution in [0.5, 0.6) is 11.5 Å². The summed E-state index contributed by atoms with van der Waals surface area (Å²) in [6, 6.07) is 6.00. The molecule has 23 heavy (non-hydrogen) atoms. The van der Waals surface area contributed by atoms with E-state index in [1.165, 1.54) is 0 Å². The summed E-state index contributed by atoms with van der Waals surface area (Å²) in [6.45, 7) is 6.87. The highest BCUT2D eigenvalue weighted by molar-refractivity contribution is 7.71. The molecule has 0 spiro atoms. The van der Waals surface area contributed by atoms with Crippen LogP contribution in [0.25, 0.3) is 0 Å². The van der Waals surface area contributed by atoms with E-state index >= 15 is 0 Å². The highest BCUT2D eigenvalue weighted by atomic mass is 32.1. The van der Waals surface area contributed by atoms with Crippen LogP contribution in [0.15, 0.2) is 24.5 Å². The van der Waals surface area contributed by atoms with Gasteiger partial charge >= 0.3 is 0 Å². The predicted octanol–water partition coefficient (Wildman–Crippen LogP) is 2.93. The first-order valence-corrected chi connectivity index (χ1v) is 8.10. The molecule has 1 aromatic heterocycles. The number of hydrogen-bond acceptors (Lipinski definition) is 5. The van der Waals surface area contributed by atoms with Gasteiger partial charge in [0.2, 0.25) is 0 Å². The maximum atomic E-state index is 5.55. The second-order valence-corrected chi connectivity index (χ2v) is 5.64. The van der Waals surface area contributed by atoms with E-state index < -0.39 is 0 Å². The lowest BCUT2D eigenvalue weighted by molar-refractivity contribution is 0.243. The van der Waals surface area contributed by atoms with Crippen LogP contribution in [-0.4, -0.2) is 40.0 Å². The van der Waals surface area contributed by atoms with E-state index in [-0.39, 0.29) is 0 Å². The molecule has 126 valence electrons. The fourth-order valence-corrected chi connectivity index (χ4v) is 2.64. The third kappa shape index (κ3) is 4.33. The van der Waals surface area contributed by atoms with Gasteiger partial charge in [-0.3, -0.25) is 4.90 Å². The van der Waals surface area contributed by atoms with Gasteiger partial charge in [-0.15, -0.1) is 0 Å². The summed E-state index contributed by atoms with van der Waals surface area (Å²) in [6.07, 6.45) is 1.77. The van der Waals surface area contributed by atoms with Gasteiger partial charge in [0.05, 0.1) is 20.4 Å². The largest absolute Gasteiger partial charge is 0.493 e. The summed E-state index contributed by atoms with van der Waals surface area (Å²) in [4.78, 5) is 2.15. The summed E-state index contributed by atoms with van der Waals surface area (Å²) in [5, 5.41) is 4.33. The molecule has 0 saturated heterocycles. The second-order valence-electron chi connectivity index (χ2n) is 5.27. The van der Waals surface area contributed by atoms with Crippen molar-refractivity contribution in [2.45, 2.75) is 33.6 Å². The average molecular weight is 336 g/mol. The van der Waals surface area contributed by atoms with Crippen molar-refractivity contribution < 1.29 is 9.47 Å². The summed E-state index contributed by atoms with van der Waals surface area (Å²) < 4.78 is 15.5. The number of aromatic nitrogens is 3. The van der Waals surface area contributed by atoms with E-state index in [4.69, 9.17) is 21.7 Å². The Morgan fingerprint density at radius 1 is 1.26 bits per heavy atom. The van der Waals surface area contributed by atoms with Gasteiger partial charge < -0.3 is 14.0 Å². The van der Waals surface area contributed by atoms with Gasteiger partial charge in [-0.25, -0.2) is 4.68 Å². The number of benzene rings is 1. The molecule has 0 amide bonds. The predicted molar refractivity (Wildman–Crippen MR) is 92.4 cm³/mol. The van der Waals surface area contributed by atoms with Crippen molar-refractivity contribution in [1.82, 2.24) is 19.2 Å². The maximum Gasteiger partial charge on any atom is 0.198 e. The number of nitrogens with zero attached hydrogens (tertiary/aromatic N) is 4. The molecule has 0 N–H and O–H groups in total. The molecule has 6 nitrogen and oxygen atoms in total. The quantitative estimate of drug-likeness (QED) is 0.694. The van der Waals surface area contributed by atoms with Crippen molar-refractivity contribution in [3.05, 3.63) is 34.9 Å². The van der Waals surface area contributed by atoms with Gasteiger partial charge in [0, 0.05) is 13.1 Å². The molecular weight excluding hydrogens is 312 g/mol. The Morgan fingerprint density at radius 3 is 2.65 bits per heavy atom. The van der Waals surface area contributed by atoms with Gasteiger partial charge in [-0.2, -0.15) is 5.10 Å². The number of hydrogen-bond donors (Lipinski definition) is 0. The van der Waals surface area contributed by atoms with Crippen LogP contribution in [0.3, 0.4) is 0 Å². The number of ether oxygens (including phenoxy) is 2. The van der Waals surface area contributed by atoms with Crippen LogP contribution >= 0.6 is 12.2 Å². The molecule has 1 aromatic carbocycles. The summed E-state index contributed by atoms with van der Waals surface area (Å²) in [5.41, 5.74) is 1.15. The molecule has 0 radical (unpaired) electrons. The molecule has 0 fully saturated rings. The first-order valence-electron chi connectivity index (χ1n) is 7.69. The smallest absolute Gasteiger partial charge is 0.198 e. The Bertz CT molecular complexity index is 696. The Balaban J connectivity index is 2.06. The lowest BCUT2D eigenvalue weighted by Gasteiger charge is -2.18. The monoisotopic (exact) mass is 336 g/mol. The first-order chi connectivity index (χ1) is 11.1. The molecule has 7 heteroatoms. The van der Waals surface area contributed by atoms with Gasteiger partial charge in [-0.05, 0) is 50.8 Å². The van der Waals surface area contributed by atoms with E-state index in [9.17, 15) is 0 Å². The summed E-state index contributed by atoms with van der Waals surface area (Å²) in [7, 11) is 3.69. The SMILES string of the molecule is CCOc1ccc(CN(C)Cn2ncn(CC)c2=S)cc1OC. The summed E-state index contributed by atoms with van der Waals surface area (Å²) >= 11 is 5.39. The Hall–Kier alpha value is -1.86. The van der Waals surface area contributed by atoms with Crippen LogP contribution in [0.2, 0.25) is 0 Å². The van der Waals surface area contributed by atoms with Crippen LogP contribution in [0.1, 0.15) is 19.4 Å². The summed E-state index contributed by atoms with van der Waals surface area (Å²) in [5.74, 6) is 1.52.